The SMILES string of the molecule is COC1=CSN(c2ccccn2)C=C1C1=C(F)C(F)(F)C(F)(F)C1(F)F. The lowest BCUT2D eigenvalue weighted by Crippen LogP contribution is -2.49. The molecule has 2 aliphatic rings. The van der Waals surface area contributed by atoms with E-state index in [2.05, 4.69) is 4.98 Å². The van der Waals surface area contributed by atoms with Gasteiger partial charge in [-0.2, -0.15) is 26.3 Å². The van der Waals surface area contributed by atoms with Crippen LogP contribution in [0.4, 0.5) is 36.6 Å². The second kappa shape index (κ2) is 5.93. The normalized spacial score (nSPS) is 23.6. The lowest BCUT2D eigenvalue weighted by atomic mass is 10.00. The molecule has 1 aromatic rings. The number of ether oxygens (including phenoxy) is 1. The first-order chi connectivity index (χ1) is 12.1. The van der Waals surface area contributed by atoms with E-state index in [0.29, 0.717) is 0 Å². The van der Waals surface area contributed by atoms with Gasteiger partial charge >= 0.3 is 17.8 Å². The Bertz CT molecular complexity index is 821. The lowest BCUT2D eigenvalue weighted by Gasteiger charge is -2.28. The maximum Gasteiger partial charge on any atom is 0.383 e. The highest BCUT2D eigenvalue weighted by Crippen LogP contribution is 2.62. The molecule has 0 N–H and O–H groups in total. The van der Waals surface area contributed by atoms with Gasteiger partial charge in [-0.3, -0.25) is 4.31 Å². The summed E-state index contributed by atoms with van der Waals surface area (Å²) in [5.41, 5.74) is -3.03. The van der Waals surface area contributed by atoms with Gasteiger partial charge in [0.15, 0.2) is 5.83 Å². The quantitative estimate of drug-likeness (QED) is 0.525. The third-order valence-electron chi connectivity index (χ3n) is 3.75. The third-order valence-corrected chi connectivity index (χ3v) is 4.59. The number of nitrogens with zero attached hydrogens (tertiary/aromatic N) is 2. The van der Waals surface area contributed by atoms with E-state index < -0.39 is 40.5 Å². The van der Waals surface area contributed by atoms with E-state index >= 15 is 0 Å². The number of hydrogen-bond donors (Lipinski definition) is 0. The van der Waals surface area contributed by atoms with Crippen LogP contribution in [0, 0.1) is 0 Å². The molecule has 26 heavy (non-hydrogen) atoms. The summed E-state index contributed by atoms with van der Waals surface area (Å²) in [5.74, 6) is -20.2. The van der Waals surface area contributed by atoms with Crippen LogP contribution in [0.15, 0.2) is 58.7 Å². The van der Waals surface area contributed by atoms with Gasteiger partial charge < -0.3 is 4.74 Å². The van der Waals surface area contributed by atoms with Crippen molar-refractivity contribution in [1.82, 2.24) is 4.98 Å². The molecule has 140 valence electrons. The van der Waals surface area contributed by atoms with Crippen LogP contribution in [0.1, 0.15) is 0 Å². The summed E-state index contributed by atoms with van der Waals surface area (Å²) in [6.45, 7) is 0. The Kier molecular flexibility index (Phi) is 4.25. The van der Waals surface area contributed by atoms with E-state index in [9.17, 15) is 30.7 Å². The molecule has 0 amide bonds. The molecule has 0 spiro atoms. The Balaban J connectivity index is 2.17. The maximum absolute atomic E-state index is 14.1. The van der Waals surface area contributed by atoms with E-state index in [1.165, 1.54) is 12.3 Å². The van der Waals surface area contributed by atoms with E-state index in [1.807, 2.05) is 0 Å². The predicted octanol–water partition coefficient (Wildman–Crippen LogP) is 5.06. The van der Waals surface area contributed by atoms with Gasteiger partial charge in [0.05, 0.1) is 12.7 Å². The molecule has 0 radical (unpaired) electrons. The first-order valence-corrected chi connectivity index (χ1v) is 7.77. The van der Waals surface area contributed by atoms with E-state index in [4.69, 9.17) is 4.74 Å². The summed E-state index contributed by atoms with van der Waals surface area (Å²) in [6.07, 6.45) is 2.16. The summed E-state index contributed by atoms with van der Waals surface area (Å²) >= 11 is 0.855. The number of halogens is 7. The standard InChI is InChI=1S/C15H9F7N2OS/c1-25-9-7-26-24(10-4-2-3-5-23-10)6-8(9)11-12(16)14(19,20)15(21,22)13(11,17)18/h2-7H,1H3. The summed E-state index contributed by atoms with van der Waals surface area (Å²) in [7, 11) is 1.01. The minimum absolute atomic E-state index is 0.183. The molecule has 0 unspecified atom stereocenters. The van der Waals surface area contributed by atoms with E-state index in [0.717, 1.165) is 35.0 Å². The second-order valence-electron chi connectivity index (χ2n) is 5.26. The van der Waals surface area contributed by atoms with Crippen LogP contribution in [0.3, 0.4) is 0 Å². The Morgan fingerprint density at radius 1 is 1.08 bits per heavy atom. The van der Waals surface area contributed by atoms with Crippen LogP contribution in [0.25, 0.3) is 0 Å². The average Bonchev–Trinajstić information content (AvgIpc) is 2.70. The van der Waals surface area contributed by atoms with Crippen LogP contribution < -0.4 is 4.31 Å². The number of pyridine rings is 1. The van der Waals surface area contributed by atoms with Gasteiger partial charge in [0.1, 0.15) is 11.6 Å². The zero-order valence-corrected chi connectivity index (χ0v) is 13.6. The van der Waals surface area contributed by atoms with Crippen molar-refractivity contribution in [3.63, 3.8) is 0 Å². The van der Waals surface area contributed by atoms with Gasteiger partial charge in [0.2, 0.25) is 0 Å². The highest BCUT2D eigenvalue weighted by atomic mass is 32.2. The maximum atomic E-state index is 14.1. The molecule has 0 saturated carbocycles. The summed E-state index contributed by atoms with van der Waals surface area (Å²) in [5, 5.41) is 1.09. The molecule has 2 heterocycles. The summed E-state index contributed by atoms with van der Waals surface area (Å²) < 4.78 is 102. The Hall–Kier alpha value is -2.17. The van der Waals surface area contributed by atoms with Crippen LogP contribution in [-0.2, 0) is 4.74 Å². The number of allylic oxidation sites excluding steroid dienone is 2. The van der Waals surface area contributed by atoms with Crippen molar-refractivity contribution >= 4 is 17.8 Å². The van der Waals surface area contributed by atoms with Gasteiger partial charge in [0, 0.05) is 23.4 Å². The number of hydrogen-bond acceptors (Lipinski definition) is 4. The molecular weight excluding hydrogens is 389 g/mol. The highest BCUT2D eigenvalue weighted by Gasteiger charge is 2.81. The second-order valence-corrected chi connectivity index (χ2v) is 6.10. The zero-order valence-electron chi connectivity index (χ0n) is 12.8. The zero-order chi connectivity index (χ0) is 19.3. The Labute approximate surface area is 147 Å². The van der Waals surface area contributed by atoms with Crippen molar-refractivity contribution in [3.8, 4) is 0 Å². The Morgan fingerprint density at radius 2 is 1.77 bits per heavy atom. The van der Waals surface area contributed by atoms with Gasteiger partial charge in [0.25, 0.3) is 0 Å². The number of alkyl halides is 6. The largest absolute Gasteiger partial charge is 0.495 e. The van der Waals surface area contributed by atoms with Gasteiger partial charge in [-0.05, 0) is 24.1 Å². The van der Waals surface area contributed by atoms with Crippen LogP contribution in [0.2, 0.25) is 0 Å². The fourth-order valence-corrected chi connectivity index (χ4v) is 3.22. The summed E-state index contributed by atoms with van der Waals surface area (Å²) in [6, 6.07) is 4.57. The first kappa shape index (κ1) is 18.6. The molecule has 0 atom stereocenters. The molecular formula is C15H9F7N2OS. The van der Waals surface area contributed by atoms with Gasteiger partial charge in [-0.25, -0.2) is 9.37 Å². The van der Waals surface area contributed by atoms with Gasteiger partial charge in [-0.15, -0.1) is 0 Å². The topological polar surface area (TPSA) is 25.4 Å². The molecule has 1 aliphatic heterocycles. The minimum Gasteiger partial charge on any atom is -0.495 e. The molecule has 1 aromatic heterocycles. The molecule has 11 heteroatoms. The number of methoxy groups -OCH3 is 1. The van der Waals surface area contributed by atoms with Crippen molar-refractivity contribution < 1.29 is 35.5 Å². The average molecular weight is 398 g/mol. The van der Waals surface area contributed by atoms with Gasteiger partial charge in [-0.1, -0.05) is 6.07 Å². The highest BCUT2D eigenvalue weighted by molar-refractivity contribution is 8.03. The van der Waals surface area contributed by atoms with Crippen molar-refractivity contribution in [2.75, 3.05) is 11.4 Å². The molecule has 0 aromatic carbocycles. The first-order valence-electron chi connectivity index (χ1n) is 6.93. The lowest BCUT2D eigenvalue weighted by molar-refractivity contribution is -0.267. The Morgan fingerprint density at radius 3 is 2.27 bits per heavy atom. The van der Waals surface area contributed by atoms with Crippen LogP contribution >= 0.6 is 11.9 Å². The molecule has 0 bridgehead atoms. The third kappa shape index (κ3) is 2.40. The van der Waals surface area contributed by atoms with Crippen molar-refractivity contribution in [3.05, 3.63) is 58.7 Å². The van der Waals surface area contributed by atoms with E-state index in [1.54, 1.807) is 12.1 Å². The van der Waals surface area contributed by atoms with Crippen molar-refractivity contribution in [1.29, 1.82) is 0 Å². The van der Waals surface area contributed by atoms with Crippen molar-refractivity contribution in [2.45, 2.75) is 17.8 Å². The predicted molar refractivity (Wildman–Crippen MR) is 80.5 cm³/mol. The fraction of sp³-hybridized carbons (Fsp3) is 0.267. The fourth-order valence-electron chi connectivity index (χ4n) is 2.40. The molecule has 3 nitrogen and oxygen atoms in total. The smallest absolute Gasteiger partial charge is 0.383 e. The minimum atomic E-state index is -5.92. The molecule has 0 saturated heterocycles. The number of rotatable bonds is 3. The monoisotopic (exact) mass is 398 g/mol. The number of anilines is 1. The van der Waals surface area contributed by atoms with Crippen molar-refractivity contribution in [2.24, 2.45) is 0 Å². The number of aromatic nitrogens is 1. The van der Waals surface area contributed by atoms with Crippen LogP contribution in [0.5, 0.6) is 0 Å². The molecule has 3 rings (SSSR count). The van der Waals surface area contributed by atoms with Crippen LogP contribution in [-0.4, -0.2) is 29.9 Å². The summed E-state index contributed by atoms with van der Waals surface area (Å²) in [4.78, 5) is 3.92. The molecule has 1 aliphatic carbocycles. The van der Waals surface area contributed by atoms with E-state index in [-0.39, 0.29) is 5.82 Å². The molecule has 0 fully saturated rings.